The van der Waals surface area contributed by atoms with Crippen molar-refractivity contribution < 1.29 is 27.9 Å². The van der Waals surface area contributed by atoms with Crippen LogP contribution in [-0.4, -0.2) is 43.8 Å². The number of Topliss-reactive ketones (excluding diaryl/α,β-unsaturated/α-hetero) is 1. The third kappa shape index (κ3) is 3.54. The standard InChI is InChI=1S/C22H23FNO4.C2H6/c1-26-22-20-15(11-19-21(22)28-13-27-19)6-7-24(8-9-24)18(20)12-16(25)10-14-4-2-3-5-17(14)23;1-2/h2-5,11,18H,6-10,12-13H2,1H3;1-2H3/q+1;. The number of nitrogens with zero attached hydrogens (tertiary/aromatic N) is 1. The maximum atomic E-state index is 14.0. The summed E-state index contributed by atoms with van der Waals surface area (Å²) in [5, 5.41) is 0. The van der Waals surface area contributed by atoms with Gasteiger partial charge in [-0.05, 0) is 23.3 Å². The lowest BCUT2D eigenvalue weighted by Crippen LogP contribution is -2.39. The molecule has 6 heteroatoms. The van der Waals surface area contributed by atoms with Crippen LogP contribution in [0.25, 0.3) is 0 Å². The first kappa shape index (κ1) is 20.7. The number of quaternary nitrogens is 1. The average Bonchev–Trinajstić information content (AvgIpc) is 3.39. The number of carbonyl (C=O) groups excluding carboxylic acids is 1. The maximum Gasteiger partial charge on any atom is 0.231 e. The Bertz CT molecular complexity index is 954. The highest BCUT2D eigenvalue weighted by Crippen LogP contribution is 2.54. The van der Waals surface area contributed by atoms with E-state index in [1.54, 1.807) is 25.3 Å². The Morgan fingerprint density at radius 3 is 2.67 bits per heavy atom. The van der Waals surface area contributed by atoms with E-state index < -0.39 is 0 Å². The van der Waals surface area contributed by atoms with Gasteiger partial charge in [-0.2, -0.15) is 0 Å². The number of ketones is 1. The second-order valence-corrected chi connectivity index (χ2v) is 7.88. The Morgan fingerprint density at radius 2 is 1.97 bits per heavy atom. The van der Waals surface area contributed by atoms with Crippen LogP contribution in [0.5, 0.6) is 17.2 Å². The first-order valence-corrected chi connectivity index (χ1v) is 10.7. The first-order valence-electron chi connectivity index (χ1n) is 10.7. The van der Waals surface area contributed by atoms with E-state index >= 15 is 0 Å². The van der Waals surface area contributed by atoms with Gasteiger partial charge in [0, 0.05) is 12.8 Å². The molecule has 1 atom stereocenters. The SMILES string of the molecule is CC.COc1c2c(cc3c1C(CC(=O)Cc1ccccc1F)[N+]1(CC3)CC1)OCO2. The third-order valence-electron chi connectivity index (χ3n) is 6.33. The number of benzene rings is 2. The van der Waals surface area contributed by atoms with E-state index in [0.717, 1.165) is 36.1 Å². The summed E-state index contributed by atoms with van der Waals surface area (Å²) in [6.07, 6.45) is 1.42. The van der Waals surface area contributed by atoms with Gasteiger partial charge >= 0.3 is 0 Å². The molecule has 0 bridgehead atoms. The Morgan fingerprint density at radius 1 is 1.20 bits per heavy atom. The van der Waals surface area contributed by atoms with Crippen LogP contribution in [0.2, 0.25) is 0 Å². The molecule has 1 spiro atoms. The normalized spacial score (nSPS) is 19.5. The van der Waals surface area contributed by atoms with Crippen molar-refractivity contribution in [2.75, 3.05) is 33.5 Å². The van der Waals surface area contributed by atoms with E-state index in [1.807, 2.05) is 19.9 Å². The lowest BCUT2D eigenvalue weighted by atomic mass is 9.87. The lowest BCUT2D eigenvalue weighted by molar-refractivity contribution is -0.835. The summed E-state index contributed by atoms with van der Waals surface area (Å²) >= 11 is 0. The number of ether oxygens (including phenoxy) is 3. The number of carbonyl (C=O) groups is 1. The number of halogens is 1. The predicted molar refractivity (Wildman–Crippen MR) is 111 cm³/mol. The van der Waals surface area contributed by atoms with E-state index in [2.05, 4.69) is 0 Å². The molecule has 1 unspecified atom stereocenters. The second-order valence-electron chi connectivity index (χ2n) is 7.88. The van der Waals surface area contributed by atoms with Crippen LogP contribution in [-0.2, 0) is 17.6 Å². The lowest BCUT2D eigenvalue weighted by Gasteiger charge is -2.35. The molecule has 3 aliphatic heterocycles. The van der Waals surface area contributed by atoms with E-state index in [4.69, 9.17) is 14.2 Å². The molecule has 0 saturated carbocycles. The van der Waals surface area contributed by atoms with Gasteiger partial charge in [-0.3, -0.25) is 4.79 Å². The van der Waals surface area contributed by atoms with Crippen LogP contribution < -0.4 is 14.2 Å². The van der Waals surface area contributed by atoms with E-state index in [-0.39, 0.29) is 30.9 Å². The van der Waals surface area contributed by atoms with Gasteiger partial charge in [-0.15, -0.1) is 0 Å². The van der Waals surface area contributed by atoms with Gasteiger partial charge in [0.2, 0.25) is 12.5 Å². The summed E-state index contributed by atoms with van der Waals surface area (Å²) < 4.78 is 31.9. The van der Waals surface area contributed by atoms with Crippen LogP contribution in [0.4, 0.5) is 4.39 Å². The quantitative estimate of drug-likeness (QED) is 0.543. The fourth-order valence-corrected chi connectivity index (χ4v) is 4.73. The molecule has 0 amide bonds. The largest absolute Gasteiger partial charge is 0.492 e. The smallest absolute Gasteiger partial charge is 0.231 e. The molecule has 5 rings (SSSR count). The zero-order chi connectivity index (χ0) is 21.3. The van der Waals surface area contributed by atoms with Gasteiger partial charge < -0.3 is 18.7 Å². The van der Waals surface area contributed by atoms with Gasteiger partial charge in [-0.25, -0.2) is 4.39 Å². The van der Waals surface area contributed by atoms with Gasteiger partial charge in [-0.1, -0.05) is 32.0 Å². The fourth-order valence-electron chi connectivity index (χ4n) is 4.73. The molecular formula is C24H29FNO4+. The minimum Gasteiger partial charge on any atom is -0.492 e. The van der Waals surface area contributed by atoms with Gasteiger partial charge in [0.1, 0.15) is 30.7 Å². The summed E-state index contributed by atoms with van der Waals surface area (Å²) in [6.45, 7) is 7.32. The molecule has 2 aromatic rings. The fraction of sp³-hybridized carbons (Fsp3) is 0.458. The topological polar surface area (TPSA) is 44.8 Å². The minimum atomic E-state index is -0.323. The maximum absolute atomic E-state index is 14.0. The van der Waals surface area contributed by atoms with Crippen molar-refractivity contribution in [2.45, 2.75) is 39.2 Å². The number of hydrogen-bond donors (Lipinski definition) is 0. The molecule has 0 aliphatic carbocycles. The molecule has 3 heterocycles. The van der Waals surface area contributed by atoms with Crippen LogP contribution in [0.3, 0.4) is 0 Å². The number of fused-ring (bicyclic) bond motifs is 2. The Kier molecular flexibility index (Phi) is 5.69. The Balaban J connectivity index is 0.00000106. The van der Waals surface area contributed by atoms with Crippen LogP contribution in [0, 0.1) is 5.82 Å². The van der Waals surface area contributed by atoms with E-state index in [0.29, 0.717) is 29.2 Å². The Hall–Kier alpha value is -2.60. The molecule has 0 aromatic heterocycles. The first-order chi connectivity index (χ1) is 14.6. The van der Waals surface area contributed by atoms with Crippen molar-refractivity contribution in [3.8, 4) is 17.2 Å². The van der Waals surface area contributed by atoms with Crippen molar-refractivity contribution in [1.82, 2.24) is 0 Å². The van der Waals surface area contributed by atoms with Crippen molar-refractivity contribution in [3.63, 3.8) is 0 Å². The second kappa shape index (κ2) is 8.26. The Labute approximate surface area is 176 Å². The molecule has 0 radical (unpaired) electrons. The average molecular weight is 414 g/mol. The van der Waals surface area contributed by atoms with Crippen LogP contribution in [0.15, 0.2) is 30.3 Å². The van der Waals surface area contributed by atoms with E-state index in [9.17, 15) is 9.18 Å². The number of rotatable bonds is 5. The van der Waals surface area contributed by atoms with Crippen LogP contribution in [0.1, 0.15) is 43.0 Å². The van der Waals surface area contributed by atoms with Gasteiger partial charge in [0.05, 0.1) is 25.6 Å². The number of methoxy groups -OCH3 is 1. The summed E-state index contributed by atoms with van der Waals surface area (Å²) in [4.78, 5) is 12.9. The number of hydrogen-bond acceptors (Lipinski definition) is 4. The molecule has 2 aromatic carbocycles. The van der Waals surface area contributed by atoms with Crippen molar-refractivity contribution in [1.29, 1.82) is 0 Å². The zero-order valence-corrected chi connectivity index (χ0v) is 17.9. The highest BCUT2D eigenvalue weighted by molar-refractivity contribution is 5.82. The molecule has 5 nitrogen and oxygen atoms in total. The molecule has 1 fully saturated rings. The summed E-state index contributed by atoms with van der Waals surface area (Å²) in [5.41, 5.74) is 2.69. The van der Waals surface area contributed by atoms with Crippen molar-refractivity contribution in [3.05, 3.63) is 52.8 Å². The molecule has 0 N–H and O–H groups in total. The minimum absolute atomic E-state index is 0.0208. The van der Waals surface area contributed by atoms with Gasteiger partial charge in [0.15, 0.2) is 11.5 Å². The molecule has 160 valence electrons. The predicted octanol–water partition coefficient (Wildman–Crippen LogP) is 4.22. The molecule has 30 heavy (non-hydrogen) atoms. The molecular weight excluding hydrogens is 385 g/mol. The molecule has 3 aliphatic rings. The van der Waals surface area contributed by atoms with E-state index in [1.165, 1.54) is 11.6 Å². The summed E-state index contributed by atoms with van der Waals surface area (Å²) in [7, 11) is 1.64. The van der Waals surface area contributed by atoms with Crippen LogP contribution >= 0.6 is 0 Å². The zero-order valence-electron chi connectivity index (χ0n) is 17.9. The third-order valence-corrected chi connectivity index (χ3v) is 6.33. The highest BCUT2D eigenvalue weighted by atomic mass is 19.1. The van der Waals surface area contributed by atoms with Gasteiger partial charge in [0.25, 0.3) is 0 Å². The summed E-state index contributed by atoms with van der Waals surface area (Å²) in [6, 6.07) is 8.55. The molecule has 1 saturated heterocycles. The van der Waals surface area contributed by atoms with Crippen molar-refractivity contribution in [2.24, 2.45) is 0 Å². The highest BCUT2D eigenvalue weighted by Gasteiger charge is 2.54. The van der Waals surface area contributed by atoms with Crippen molar-refractivity contribution >= 4 is 5.78 Å². The monoisotopic (exact) mass is 414 g/mol. The summed E-state index contributed by atoms with van der Waals surface area (Å²) in [5.74, 6) is 1.77.